The normalized spacial score (nSPS) is 14.9. The van der Waals surface area contributed by atoms with Gasteiger partial charge in [-0.3, -0.25) is 9.48 Å². The van der Waals surface area contributed by atoms with Gasteiger partial charge < -0.3 is 5.11 Å². The third-order valence-electron chi connectivity index (χ3n) is 6.10. The molecule has 0 atom stereocenters. The fraction of sp³-hybridized carbons (Fsp3) is 0.360. The van der Waals surface area contributed by atoms with E-state index in [9.17, 15) is 18.3 Å². The molecule has 33 heavy (non-hydrogen) atoms. The van der Waals surface area contributed by atoms with Crippen LogP contribution in [-0.4, -0.2) is 46.7 Å². The van der Waals surface area contributed by atoms with Crippen LogP contribution < -0.4 is 0 Å². The van der Waals surface area contributed by atoms with Crippen LogP contribution in [0.1, 0.15) is 43.0 Å². The Kier molecular flexibility index (Phi) is 6.95. The second-order valence-electron chi connectivity index (χ2n) is 8.29. The number of rotatable bonds is 8. The summed E-state index contributed by atoms with van der Waals surface area (Å²) in [6.07, 6.45) is 3.25. The smallest absolute Gasteiger partial charge is 0.307 e. The van der Waals surface area contributed by atoms with Gasteiger partial charge in [0.2, 0.25) is 10.0 Å². The van der Waals surface area contributed by atoms with Crippen LogP contribution in [0, 0.1) is 0 Å². The molecule has 1 saturated heterocycles. The largest absolute Gasteiger partial charge is 0.481 e. The molecule has 0 radical (unpaired) electrons. The summed E-state index contributed by atoms with van der Waals surface area (Å²) >= 11 is 0. The van der Waals surface area contributed by atoms with Crippen LogP contribution in [0.25, 0.3) is 11.3 Å². The number of nitrogens with zero attached hydrogens (tertiary/aromatic N) is 3. The Balaban J connectivity index is 1.77. The SMILES string of the molecule is CCc1c(CC(=O)O)c(-c2ccccc2)nn1Cc1ccccc1S(=O)(=O)N1CCCCC1. The maximum absolute atomic E-state index is 13.4. The highest BCUT2D eigenvalue weighted by Crippen LogP contribution is 2.29. The van der Waals surface area contributed by atoms with Gasteiger partial charge in [0.1, 0.15) is 0 Å². The van der Waals surface area contributed by atoms with Gasteiger partial charge in [0.15, 0.2) is 0 Å². The van der Waals surface area contributed by atoms with E-state index in [0.29, 0.717) is 41.2 Å². The zero-order valence-corrected chi connectivity index (χ0v) is 19.6. The van der Waals surface area contributed by atoms with Crippen LogP contribution in [0.3, 0.4) is 0 Å². The van der Waals surface area contributed by atoms with Crippen molar-refractivity contribution in [2.24, 2.45) is 0 Å². The van der Waals surface area contributed by atoms with Crippen molar-refractivity contribution >= 4 is 16.0 Å². The predicted octanol–water partition coefficient (Wildman–Crippen LogP) is 3.96. The first-order valence-corrected chi connectivity index (χ1v) is 12.8. The van der Waals surface area contributed by atoms with E-state index < -0.39 is 16.0 Å². The molecule has 0 saturated carbocycles. The van der Waals surface area contributed by atoms with Crippen LogP contribution >= 0.6 is 0 Å². The van der Waals surface area contributed by atoms with Crippen molar-refractivity contribution in [2.75, 3.05) is 13.1 Å². The van der Waals surface area contributed by atoms with E-state index in [1.54, 1.807) is 21.1 Å². The van der Waals surface area contributed by atoms with E-state index in [4.69, 9.17) is 5.10 Å². The molecule has 2 aromatic carbocycles. The Morgan fingerprint density at radius 3 is 2.33 bits per heavy atom. The number of aliphatic carboxylic acids is 1. The minimum Gasteiger partial charge on any atom is -0.481 e. The Labute approximate surface area is 194 Å². The van der Waals surface area contributed by atoms with E-state index in [1.165, 1.54) is 0 Å². The number of carbonyl (C=O) groups is 1. The monoisotopic (exact) mass is 467 g/mol. The molecule has 7 nitrogen and oxygen atoms in total. The summed E-state index contributed by atoms with van der Waals surface area (Å²) in [4.78, 5) is 11.9. The first-order chi connectivity index (χ1) is 15.9. The molecular formula is C25H29N3O4S. The maximum Gasteiger partial charge on any atom is 0.307 e. The van der Waals surface area contributed by atoms with E-state index in [2.05, 4.69) is 0 Å². The minimum absolute atomic E-state index is 0.138. The van der Waals surface area contributed by atoms with Gasteiger partial charge in [0, 0.05) is 29.9 Å². The lowest BCUT2D eigenvalue weighted by molar-refractivity contribution is -0.136. The zero-order valence-electron chi connectivity index (χ0n) is 18.8. The molecule has 4 rings (SSSR count). The number of aromatic nitrogens is 2. The summed E-state index contributed by atoms with van der Waals surface area (Å²) in [5.74, 6) is -0.922. The molecule has 1 aromatic heterocycles. The highest BCUT2D eigenvalue weighted by atomic mass is 32.2. The summed E-state index contributed by atoms with van der Waals surface area (Å²) in [5, 5.41) is 14.3. The second-order valence-corrected chi connectivity index (χ2v) is 10.2. The van der Waals surface area contributed by atoms with Crippen LogP contribution in [0.4, 0.5) is 0 Å². The summed E-state index contributed by atoms with van der Waals surface area (Å²) < 4.78 is 30.2. The van der Waals surface area contributed by atoms with Gasteiger partial charge in [0.05, 0.1) is 23.6 Å². The number of benzene rings is 2. The van der Waals surface area contributed by atoms with E-state index >= 15 is 0 Å². The number of sulfonamides is 1. The molecule has 1 aliphatic rings. The molecule has 0 amide bonds. The maximum atomic E-state index is 13.4. The van der Waals surface area contributed by atoms with Gasteiger partial charge >= 0.3 is 5.97 Å². The average Bonchev–Trinajstić information content (AvgIpc) is 3.16. The van der Waals surface area contributed by atoms with E-state index in [-0.39, 0.29) is 13.0 Å². The molecule has 3 aromatic rings. The molecule has 8 heteroatoms. The van der Waals surface area contributed by atoms with Crippen LogP contribution in [0.2, 0.25) is 0 Å². The summed E-state index contributed by atoms with van der Waals surface area (Å²) in [5.41, 5.74) is 3.61. The number of hydrogen-bond acceptors (Lipinski definition) is 4. The second kappa shape index (κ2) is 9.89. The number of piperidine rings is 1. The zero-order chi connectivity index (χ0) is 23.4. The van der Waals surface area contributed by atoms with Crippen LogP contribution in [-0.2, 0) is 34.2 Å². The van der Waals surface area contributed by atoms with Crippen LogP contribution in [0.5, 0.6) is 0 Å². The van der Waals surface area contributed by atoms with Crippen molar-refractivity contribution < 1.29 is 18.3 Å². The standard InChI is InChI=1S/C25H29N3O4S/c1-2-22-21(17-24(29)30)25(19-11-5-3-6-12-19)26-28(22)18-20-13-7-8-14-23(20)33(31,32)27-15-9-4-10-16-27/h3,5-8,11-14H,2,4,9-10,15-18H2,1H3,(H,29,30). The fourth-order valence-electron chi connectivity index (χ4n) is 4.52. The van der Waals surface area contributed by atoms with Crippen molar-refractivity contribution in [2.45, 2.75) is 50.5 Å². The molecule has 0 spiro atoms. The van der Waals surface area contributed by atoms with Crippen molar-refractivity contribution in [1.29, 1.82) is 0 Å². The summed E-state index contributed by atoms with van der Waals surface area (Å²) in [6, 6.07) is 16.6. The third-order valence-corrected chi connectivity index (χ3v) is 8.10. The van der Waals surface area contributed by atoms with Gasteiger partial charge in [-0.2, -0.15) is 9.40 Å². The lowest BCUT2D eigenvalue weighted by Gasteiger charge is -2.27. The number of hydrogen-bond donors (Lipinski definition) is 1. The van der Waals surface area contributed by atoms with Crippen molar-refractivity contribution in [1.82, 2.24) is 14.1 Å². The summed E-state index contributed by atoms with van der Waals surface area (Å²) in [7, 11) is -3.61. The average molecular weight is 468 g/mol. The highest BCUT2D eigenvalue weighted by molar-refractivity contribution is 7.89. The molecule has 0 unspecified atom stereocenters. The van der Waals surface area contributed by atoms with Gasteiger partial charge in [-0.1, -0.05) is 61.9 Å². The van der Waals surface area contributed by atoms with Crippen molar-refractivity contribution in [3.05, 3.63) is 71.4 Å². The fourth-order valence-corrected chi connectivity index (χ4v) is 6.25. The number of carboxylic acid groups (broad SMARTS) is 1. The molecule has 174 valence electrons. The first kappa shape index (κ1) is 23.2. The first-order valence-electron chi connectivity index (χ1n) is 11.4. The number of carboxylic acids is 1. The van der Waals surface area contributed by atoms with Gasteiger partial charge in [-0.15, -0.1) is 0 Å². The topological polar surface area (TPSA) is 92.5 Å². The van der Waals surface area contributed by atoms with Crippen LogP contribution in [0.15, 0.2) is 59.5 Å². The van der Waals surface area contributed by atoms with E-state index in [0.717, 1.165) is 30.5 Å². The molecule has 1 aliphatic heterocycles. The van der Waals surface area contributed by atoms with Crippen molar-refractivity contribution in [3.8, 4) is 11.3 Å². The van der Waals surface area contributed by atoms with Gasteiger partial charge in [-0.25, -0.2) is 8.42 Å². The molecule has 0 bridgehead atoms. The highest BCUT2D eigenvalue weighted by Gasteiger charge is 2.29. The minimum atomic E-state index is -3.61. The lowest BCUT2D eigenvalue weighted by Crippen LogP contribution is -2.36. The molecule has 1 fully saturated rings. The Hall–Kier alpha value is -2.97. The quantitative estimate of drug-likeness (QED) is 0.541. The molecule has 0 aliphatic carbocycles. The molecule has 1 N–H and O–H groups in total. The van der Waals surface area contributed by atoms with Gasteiger partial charge in [-0.05, 0) is 30.9 Å². The Bertz CT molecular complexity index is 1230. The van der Waals surface area contributed by atoms with E-state index in [1.807, 2.05) is 49.4 Å². The Morgan fingerprint density at radius 1 is 1.00 bits per heavy atom. The van der Waals surface area contributed by atoms with Crippen molar-refractivity contribution in [3.63, 3.8) is 0 Å². The molecular weight excluding hydrogens is 438 g/mol. The summed E-state index contributed by atoms with van der Waals surface area (Å²) in [6.45, 7) is 3.30. The molecule has 2 heterocycles. The van der Waals surface area contributed by atoms with Gasteiger partial charge in [0.25, 0.3) is 0 Å². The lowest BCUT2D eigenvalue weighted by atomic mass is 10.0. The Morgan fingerprint density at radius 2 is 1.67 bits per heavy atom. The third kappa shape index (κ3) is 4.86. The predicted molar refractivity (Wildman–Crippen MR) is 127 cm³/mol.